The highest BCUT2D eigenvalue weighted by molar-refractivity contribution is 5.68. The molecular formula is C35H57N7O6. The van der Waals surface area contributed by atoms with Crippen LogP contribution in [-0.2, 0) is 27.4 Å². The smallest absolute Gasteiger partial charge is 0.407 e. The lowest BCUT2D eigenvalue weighted by atomic mass is 10.1. The average Bonchev–Trinajstić information content (AvgIpc) is 3.05. The molecule has 0 saturated heterocycles. The standard InChI is InChI=1S/C35H57N7O6/c1-35(2,3)48-34(45)38-18-11-10-16-31(37)26-42(23-20-40-33(44)47-28-30-14-8-5-9-15-30)25-24-41(21-17-36)22-19-39-32(43)46-27-29-12-6-4-7-13-29/h4-9,12-15,31H,10-11,16-28,36-37H2,1-3H3,(H,38,45)(H,39,43)(H,40,44). The molecule has 268 valence electrons. The van der Waals surface area contributed by atoms with Crippen molar-refractivity contribution in [3.8, 4) is 0 Å². The first-order valence-corrected chi connectivity index (χ1v) is 16.8. The number of hydrogen-bond acceptors (Lipinski definition) is 10. The van der Waals surface area contributed by atoms with Gasteiger partial charge in [-0.15, -0.1) is 0 Å². The van der Waals surface area contributed by atoms with Gasteiger partial charge in [0.2, 0.25) is 0 Å². The van der Waals surface area contributed by atoms with E-state index in [1.165, 1.54) is 0 Å². The number of nitrogens with zero attached hydrogens (tertiary/aromatic N) is 2. The summed E-state index contributed by atoms with van der Waals surface area (Å²) < 4.78 is 15.9. The number of carbonyl (C=O) groups excluding carboxylic acids is 3. The van der Waals surface area contributed by atoms with Crippen molar-refractivity contribution < 1.29 is 28.6 Å². The van der Waals surface area contributed by atoms with Gasteiger partial charge in [-0.2, -0.15) is 0 Å². The SMILES string of the molecule is CC(C)(C)OC(=O)NCCCCC(N)CN(CCNC(=O)OCc1ccccc1)CCN(CCN)CCNC(=O)OCc1ccccc1. The molecule has 1 atom stereocenters. The van der Waals surface area contributed by atoms with E-state index in [-0.39, 0.29) is 19.3 Å². The molecule has 0 heterocycles. The van der Waals surface area contributed by atoms with Crippen molar-refractivity contribution in [1.29, 1.82) is 0 Å². The summed E-state index contributed by atoms with van der Waals surface area (Å²) in [5.41, 5.74) is 13.7. The van der Waals surface area contributed by atoms with E-state index in [1.807, 2.05) is 81.4 Å². The van der Waals surface area contributed by atoms with Crippen LogP contribution >= 0.6 is 0 Å². The zero-order chi connectivity index (χ0) is 35.0. The molecule has 2 aromatic rings. The van der Waals surface area contributed by atoms with E-state index in [4.69, 9.17) is 25.7 Å². The Labute approximate surface area is 286 Å². The van der Waals surface area contributed by atoms with Crippen LogP contribution in [0.25, 0.3) is 0 Å². The highest BCUT2D eigenvalue weighted by Crippen LogP contribution is 2.07. The topological polar surface area (TPSA) is 174 Å². The van der Waals surface area contributed by atoms with E-state index in [2.05, 4.69) is 25.8 Å². The maximum absolute atomic E-state index is 12.3. The van der Waals surface area contributed by atoms with Crippen molar-refractivity contribution >= 4 is 18.3 Å². The Bertz CT molecular complexity index is 1170. The Morgan fingerprint density at radius 1 is 0.688 bits per heavy atom. The van der Waals surface area contributed by atoms with Gasteiger partial charge in [-0.1, -0.05) is 67.1 Å². The Morgan fingerprint density at radius 2 is 1.19 bits per heavy atom. The van der Waals surface area contributed by atoms with Gasteiger partial charge < -0.3 is 41.6 Å². The first-order chi connectivity index (χ1) is 23.0. The van der Waals surface area contributed by atoms with Crippen LogP contribution in [0.1, 0.15) is 51.2 Å². The minimum Gasteiger partial charge on any atom is -0.445 e. The monoisotopic (exact) mass is 671 g/mol. The summed E-state index contributed by atoms with van der Waals surface area (Å²) in [5.74, 6) is 0. The molecule has 13 nitrogen and oxygen atoms in total. The number of rotatable bonds is 22. The first kappa shape index (κ1) is 40.3. The van der Waals surface area contributed by atoms with Crippen LogP contribution in [0.3, 0.4) is 0 Å². The minimum atomic E-state index is -0.534. The molecular weight excluding hydrogens is 614 g/mol. The fourth-order valence-electron chi connectivity index (χ4n) is 4.73. The maximum atomic E-state index is 12.3. The van der Waals surface area contributed by atoms with Crippen molar-refractivity contribution in [2.24, 2.45) is 11.5 Å². The van der Waals surface area contributed by atoms with Crippen LogP contribution in [0, 0.1) is 0 Å². The largest absolute Gasteiger partial charge is 0.445 e. The van der Waals surface area contributed by atoms with E-state index in [9.17, 15) is 14.4 Å². The van der Waals surface area contributed by atoms with E-state index >= 15 is 0 Å². The van der Waals surface area contributed by atoms with E-state index in [1.54, 1.807) is 0 Å². The molecule has 0 aliphatic heterocycles. The van der Waals surface area contributed by atoms with Gasteiger partial charge in [0.25, 0.3) is 0 Å². The molecule has 7 N–H and O–H groups in total. The van der Waals surface area contributed by atoms with Crippen LogP contribution in [0.15, 0.2) is 60.7 Å². The van der Waals surface area contributed by atoms with Gasteiger partial charge in [0.05, 0.1) is 0 Å². The summed E-state index contributed by atoms with van der Waals surface area (Å²) in [6.07, 6.45) is 1.04. The molecule has 0 bridgehead atoms. The molecule has 0 fully saturated rings. The third-order valence-corrected chi connectivity index (χ3v) is 7.16. The van der Waals surface area contributed by atoms with Gasteiger partial charge in [0.1, 0.15) is 18.8 Å². The molecule has 0 aliphatic carbocycles. The number of nitrogens with one attached hydrogen (secondary N) is 3. The molecule has 13 heteroatoms. The molecule has 3 amide bonds. The predicted molar refractivity (Wildman–Crippen MR) is 187 cm³/mol. The Morgan fingerprint density at radius 3 is 1.71 bits per heavy atom. The van der Waals surface area contributed by atoms with Gasteiger partial charge in [0, 0.05) is 71.5 Å². The van der Waals surface area contributed by atoms with E-state index in [0.29, 0.717) is 65.4 Å². The first-order valence-electron chi connectivity index (χ1n) is 16.8. The van der Waals surface area contributed by atoms with Crippen LogP contribution in [0.5, 0.6) is 0 Å². The summed E-state index contributed by atoms with van der Waals surface area (Å²) >= 11 is 0. The van der Waals surface area contributed by atoms with Crippen molar-refractivity contribution in [3.63, 3.8) is 0 Å². The van der Waals surface area contributed by atoms with Crippen molar-refractivity contribution in [3.05, 3.63) is 71.8 Å². The number of amides is 3. The maximum Gasteiger partial charge on any atom is 0.407 e. The Balaban J connectivity index is 1.80. The van der Waals surface area contributed by atoms with Crippen molar-refractivity contribution in [2.45, 2.75) is 64.9 Å². The van der Waals surface area contributed by atoms with Gasteiger partial charge >= 0.3 is 18.3 Å². The average molecular weight is 672 g/mol. The number of carbonyl (C=O) groups is 3. The minimum absolute atomic E-state index is 0.0967. The zero-order valence-corrected chi connectivity index (χ0v) is 29.0. The summed E-state index contributed by atoms with van der Waals surface area (Å²) in [5, 5.41) is 8.43. The van der Waals surface area contributed by atoms with Gasteiger partial charge in [0.15, 0.2) is 0 Å². The van der Waals surface area contributed by atoms with Gasteiger partial charge in [-0.3, -0.25) is 9.80 Å². The number of alkyl carbamates (subject to hydrolysis) is 3. The molecule has 0 aliphatic rings. The lowest BCUT2D eigenvalue weighted by molar-refractivity contribution is 0.0526. The van der Waals surface area contributed by atoms with E-state index < -0.39 is 23.9 Å². The fraction of sp³-hybridized carbons (Fsp3) is 0.571. The van der Waals surface area contributed by atoms with Crippen LogP contribution < -0.4 is 27.4 Å². The molecule has 48 heavy (non-hydrogen) atoms. The third-order valence-electron chi connectivity index (χ3n) is 7.16. The summed E-state index contributed by atoms with van der Waals surface area (Å²) in [6, 6.07) is 18.9. The number of hydrogen-bond donors (Lipinski definition) is 5. The number of benzene rings is 2. The highest BCUT2D eigenvalue weighted by Gasteiger charge is 2.16. The van der Waals surface area contributed by atoms with Crippen LogP contribution in [0.4, 0.5) is 14.4 Å². The Kier molecular flexibility index (Phi) is 19.6. The molecule has 0 saturated carbocycles. The lowest BCUT2D eigenvalue weighted by Crippen LogP contribution is -2.46. The second kappa shape index (κ2) is 23.4. The number of nitrogens with two attached hydrogens (primary N) is 2. The second-order valence-corrected chi connectivity index (χ2v) is 12.6. The summed E-state index contributed by atoms with van der Waals surface area (Å²) in [6.45, 7) is 11.6. The van der Waals surface area contributed by atoms with Crippen LogP contribution in [-0.4, -0.2) is 105 Å². The summed E-state index contributed by atoms with van der Waals surface area (Å²) in [7, 11) is 0. The quantitative estimate of drug-likeness (QED) is 0.0922. The van der Waals surface area contributed by atoms with E-state index in [0.717, 1.165) is 30.4 Å². The molecule has 0 radical (unpaired) electrons. The Hall–Kier alpha value is -3.91. The van der Waals surface area contributed by atoms with Gasteiger partial charge in [-0.05, 0) is 44.7 Å². The molecule has 2 rings (SSSR count). The molecule has 0 aromatic heterocycles. The molecule has 2 aromatic carbocycles. The van der Waals surface area contributed by atoms with Crippen molar-refractivity contribution in [1.82, 2.24) is 25.8 Å². The fourth-order valence-corrected chi connectivity index (χ4v) is 4.73. The molecule has 1 unspecified atom stereocenters. The summed E-state index contributed by atoms with van der Waals surface area (Å²) in [4.78, 5) is 40.8. The third kappa shape index (κ3) is 20.4. The highest BCUT2D eigenvalue weighted by atomic mass is 16.6. The second-order valence-electron chi connectivity index (χ2n) is 12.6. The number of unbranched alkanes of at least 4 members (excludes halogenated alkanes) is 1. The van der Waals surface area contributed by atoms with Crippen molar-refractivity contribution in [2.75, 3.05) is 65.4 Å². The lowest BCUT2D eigenvalue weighted by Gasteiger charge is -2.29. The normalized spacial score (nSPS) is 12.0. The number of ether oxygens (including phenoxy) is 3. The zero-order valence-electron chi connectivity index (χ0n) is 29.0. The van der Waals surface area contributed by atoms with Crippen LogP contribution in [0.2, 0.25) is 0 Å². The molecule has 0 spiro atoms. The predicted octanol–water partition coefficient (Wildman–Crippen LogP) is 3.42. The van der Waals surface area contributed by atoms with Gasteiger partial charge in [-0.25, -0.2) is 14.4 Å².